The maximum Gasteiger partial charge on any atom is 0.131 e. The zero-order chi connectivity index (χ0) is 13.7. The van der Waals surface area contributed by atoms with Gasteiger partial charge in [-0.25, -0.2) is 9.97 Å². The van der Waals surface area contributed by atoms with Crippen molar-refractivity contribution in [3.05, 3.63) is 12.4 Å². The molecular weight excluding hydrogens is 242 g/mol. The zero-order valence-corrected chi connectivity index (χ0v) is 11.6. The van der Waals surface area contributed by atoms with E-state index in [2.05, 4.69) is 20.6 Å². The van der Waals surface area contributed by atoms with Crippen LogP contribution in [0, 0.1) is 0 Å². The summed E-state index contributed by atoms with van der Waals surface area (Å²) in [6.07, 6.45) is 3.60. The average molecular weight is 265 g/mol. The monoisotopic (exact) mass is 265 g/mol. The van der Waals surface area contributed by atoms with Gasteiger partial charge in [-0.15, -0.1) is 0 Å². The average Bonchev–Trinajstić information content (AvgIpc) is 2.37. The van der Waals surface area contributed by atoms with Crippen LogP contribution < -0.4 is 16.4 Å². The van der Waals surface area contributed by atoms with Crippen molar-refractivity contribution < 1.29 is 4.74 Å². The molecule has 106 valence electrons. The summed E-state index contributed by atoms with van der Waals surface area (Å²) in [5.74, 6) is 1.64. The molecule has 1 saturated heterocycles. The second-order valence-electron chi connectivity index (χ2n) is 5.66. The van der Waals surface area contributed by atoms with Crippen LogP contribution in [0.15, 0.2) is 12.4 Å². The van der Waals surface area contributed by atoms with Crippen molar-refractivity contribution in [2.45, 2.75) is 38.3 Å². The van der Waals surface area contributed by atoms with Gasteiger partial charge in [-0.3, -0.25) is 0 Å². The third kappa shape index (κ3) is 5.00. The highest BCUT2D eigenvalue weighted by atomic mass is 16.5. The maximum atomic E-state index is 5.94. The minimum Gasteiger partial charge on any atom is -0.381 e. The number of nitrogens with zero attached hydrogens (tertiary/aromatic N) is 2. The summed E-state index contributed by atoms with van der Waals surface area (Å²) in [4.78, 5) is 8.44. The Morgan fingerprint density at radius 2 is 2.00 bits per heavy atom. The van der Waals surface area contributed by atoms with Crippen molar-refractivity contribution in [2.75, 3.05) is 30.4 Å². The van der Waals surface area contributed by atoms with Gasteiger partial charge in [-0.05, 0) is 26.7 Å². The first-order chi connectivity index (χ1) is 9.03. The maximum absolute atomic E-state index is 5.94. The van der Waals surface area contributed by atoms with Crippen LogP contribution in [0.25, 0.3) is 0 Å². The first kappa shape index (κ1) is 14.0. The van der Waals surface area contributed by atoms with Gasteiger partial charge in [0, 0.05) is 37.4 Å². The van der Waals surface area contributed by atoms with E-state index in [0.717, 1.165) is 37.7 Å². The van der Waals surface area contributed by atoms with E-state index in [1.807, 2.05) is 19.9 Å². The molecule has 6 heteroatoms. The minimum atomic E-state index is -0.265. The molecule has 0 atom stereocenters. The first-order valence-corrected chi connectivity index (χ1v) is 6.72. The van der Waals surface area contributed by atoms with Gasteiger partial charge >= 0.3 is 0 Å². The molecular formula is C13H23N5O. The predicted octanol–water partition coefficient (Wildman–Crippen LogP) is 1.22. The molecule has 0 spiro atoms. The molecule has 1 aromatic heterocycles. The second-order valence-corrected chi connectivity index (χ2v) is 5.66. The second kappa shape index (κ2) is 6.16. The quantitative estimate of drug-likeness (QED) is 0.742. The lowest BCUT2D eigenvalue weighted by molar-refractivity contribution is 0.0904. The fraction of sp³-hybridized carbons (Fsp3) is 0.692. The Morgan fingerprint density at radius 3 is 2.68 bits per heavy atom. The van der Waals surface area contributed by atoms with E-state index in [0.29, 0.717) is 12.6 Å². The van der Waals surface area contributed by atoms with Crippen molar-refractivity contribution in [3.63, 3.8) is 0 Å². The van der Waals surface area contributed by atoms with Crippen molar-refractivity contribution in [2.24, 2.45) is 5.73 Å². The van der Waals surface area contributed by atoms with Crippen molar-refractivity contribution >= 4 is 11.6 Å². The summed E-state index contributed by atoms with van der Waals surface area (Å²) >= 11 is 0. The topological polar surface area (TPSA) is 85.1 Å². The molecule has 1 aromatic rings. The number of hydrogen-bond donors (Lipinski definition) is 3. The predicted molar refractivity (Wildman–Crippen MR) is 76.3 cm³/mol. The third-order valence-electron chi connectivity index (χ3n) is 2.97. The molecule has 0 saturated carbocycles. The Balaban J connectivity index is 1.90. The Bertz CT molecular complexity index is 398. The summed E-state index contributed by atoms with van der Waals surface area (Å²) in [5, 5.41) is 6.64. The van der Waals surface area contributed by atoms with Gasteiger partial charge < -0.3 is 21.1 Å². The summed E-state index contributed by atoms with van der Waals surface area (Å²) < 4.78 is 5.34. The zero-order valence-electron chi connectivity index (χ0n) is 11.6. The molecule has 2 heterocycles. The van der Waals surface area contributed by atoms with Gasteiger partial charge in [0.25, 0.3) is 0 Å². The van der Waals surface area contributed by atoms with Crippen molar-refractivity contribution in [1.82, 2.24) is 9.97 Å². The van der Waals surface area contributed by atoms with Crippen LogP contribution in [0.4, 0.5) is 11.6 Å². The number of hydrogen-bond acceptors (Lipinski definition) is 6. The Morgan fingerprint density at radius 1 is 1.32 bits per heavy atom. The van der Waals surface area contributed by atoms with E-state index < -0.39 is 0 Å². The number of aromatic nitrogens is 2. The number of anilines is 2. The van der Waals surface area contributed by atoms with Crippen molar-refractivity contribution in [3.8, 4) is 0 Å². The van der Waals surface area contributed by atoms with E-state index in [4.69, 9.17) is 10.5 Å². The minimum absolute atomic E-state index is 0.265. The molecule has 6 nitrogen and oxygen atoms in total. The molecule has 0 aliphatic carbocycles. The molecule has 1 aliphatic rings. The van der Waals surface area contributed by atoms with Crippen LogP contribution in [-0.2, 0) is 4.74 Å². The molecule has 1 fully saturated rings. The van der Waals surface area contributed by atoms with E-state index in [1.54, 1.807) is 6.33 Å². The summed E-state index contributed by atoms with van der Waals surface area (Å²) in [7, 11) is 0. The molecule has 4 N–H and O–H groups in total. The van der Waals surface area contributed by atoms with E-state index in [1.165, 1.54) is 0 Å². The van der Waals surface area contributed by atoms with Crippen molar-refractivity contribution in [1.29, 1.82) is 0 Å². The van der Waals surface area contributed by atoms with Gasteiger partial charge in [-0.2, -0.15) is 0 Å². The molecule has 2 rings (SSSR count). The van der Waals surface area contributed by atoms with Crippen LogP contribution >= 0.6 is 0 Å². The standard InChI is InChI=1S/C13H23N5O/c1-13(2,14)8-15-11-7-12(17-9-16-11)18-10-3-5-19-6-4-10/h7,9-10H,3-6,8,14H2,1-2H3,(H2,15,16,17,18). The number of rotatable bonds is 5. The molecule has 0 bridgehead atoms. The first-order valence-electron chi connectivity index (χ1n) is 6.72. The van der Waals surface area contributed by atoms with E-state index in [9.17, 15) is 0 Å². The smallest absolute Gasteiger partial charge is 0.131 e. The number of nitrogens with one attached hydrogen (secondary N) is 2. The molecule has 19 heavy (non-hydrogen) atoms. The highest BCUT2D eigenvalue weighted by Gasteiger charge is 2.14. The molecule has 0 aromatic carbocycles. The van der Waals surface area contributed by atoms with Gasteiger partial charge in [0.05, 0.1) is 0 Å². The number of ether oxygens (including phenoxy) is 1. The highest BCUT2D eigenvalue weighted by Crippen LogP contribution is 2.15. The van der Waals surface area contributed by atoms with Crippen LogP contribution in [0.3, 0.4) is 0 Å². The molecule has 0 radical (unpaired) electrons. The largest absolute Gasteiger partial charge is 0.381 e. The van der Waals surface area contributed by atoms with Crippen LogP contribution in [0.2, 0.25) is 0 Å². The van der Waals surface area contributed by atoms with Crippen LogP contribution in [0.5, 0.6) is 0 Å². The van der Waals surface area contributed by atoms with E-state index >= 15 is 0 Å². The molecule has 1 aliphatic heterocycles. The fourth-order valence-electron chi connectivity index (χ4n) is 1.90. The lowest BCUT2D eigenvalue weighted by atomic mass is 10.1. The third-order valence-corrected chi connectivity index (χ3v) is 2.97. The fourth-order valence-corrected chi connectivity index (χ4v) is 1.90. The SMILES string of the molecule is CC(C)(N)CNc1cc(NC2CCOCC2)ncn1. The normalized spacial score (nSPS) is 17.2. The molecule has 0 unspecified atom stereocenters. The van der Waals surface area contributed by atoms with Gasteiger partial charge in [-0.1, -0.05) is 0 Å². The lowest BCUT2D eigenvalue weighted by Gasteiger charge is -2.24. The summed E-state index contributed by atoms with van der Waals surface area (Å²) in [5.41, 5.74) is 5.67. The highest BCUT2D eigenvalue weighted by molar-refractivity contribution is 5.47. The van der Waals surface area contributed by atoms with Gasteiger partial charge in [0.2, 0.25) is 0 Å². The van der Waals surface area contributed by atoms with Gasteiger partial charge in [0.15, 0.2) is 0 Å². The van der Waals surface area contributed by atoms with E-state index in [-0.39, 0.29) is 5.54 Å². The van der Waals surface area contributed by atoms with Gasteiger partial charge in [0.1, 0.15) is 18.0 Å². The lowest BCUT2D eigenvalue weighted by Crippen LogP contribution is -2.39. The Hall–Kier alpha value is -1.40. The Kier molecular flexibility index (Phi) is 4.55. The number of nitrogens with two attached hydrogens (primary N) is 1. The summed E-state index contributed by atoms with van der Waals surface area (Å²) in [6.45, 7) is 6.25. The van der Waals surface area contributed by atoms with Crippen LogP contribution in [0.1, 0.15) is 26.7 Å². The van der Waals surface area contributed by atoms with Crippen LogP contribution in [-0.4, -0.2) is 41.3 Å². The Labute approximate surface area is 114 Å². The molecule has 0 amide bonds. The summed E-state index contributed by atoms with van der Waals surface area (Å²) in [6, 6.07) is 2.35.